The summed E-state index contributed by atoms with van der Waals surface area (Å²) in [6.45, 7) is 0. The molecule has 0 unspecified atom stereocenters. The van der Waals surface area contributed by atoms with Gasteiger partial charge >= 0.3 is 0 Å². The van der Waals surface area contributed by atoms with Crippen LogP contribution in [0.25, 0.3) is 43.7 Å². The fourth-order valence-electron chi connectivity index (χ4n) is 5.38. The molecule has 174 valence electrons. The van der Waals surface area contributed by atoms with Crippen LogP contribution in [-0.2, 0) is 0 Å². The standard InChI is InChI=1S/C35H24NP/c1-4-14-25(15-5-1)35-31-24-33(37(26-16-6-2-7-17-26)27-18-8-3-9-19-27)28-20-10-11-21-29(28)34(31)30-22-12-13-23-32(30)36-35/h1-24H. The van der Waals surface area contributed by atoms with Gasteiger partial charge in [-0.15, -0.1) is 0 Å². The minimum Gasteiger partial charge on any atom is -0.247 e. The van der Waals surface area contributed by atoms with E-state index in [2.05, 4.69) is 146 Å². The van der Waals surface area contributed by atoms with Gasteiger partial charge in [0.1, 0.15) is 0 Å². The van der Waals surface area contributed by atoms with E-state index in [4.69, 9.17) is 4.98 Å². The van der Waals surface area contributed by atoms with E-state index < -0.39 is 7.92 Å². The number of para-hydroxylation sites is 1. The fraction of sp³-hybridized carbons (Fsp3) is 0. The molecule has 0 aliphatic heterocycles. The quantitative estimate of drug-likeness (QED) is 0.180. The SMILES string of the molecule is c1ccc(-c2nc3ccccc3c3c2cc(P(c2ccccc2)c2ccccc2)c2ccccc23)cc1. The molecule has 6 aromatic carbocycles. The van der Waals surface area contributed by atoms with Gasteiger partial charge in [0.2, 0.25) is 0 Å². The van der Waals surface area contributed by atoms with E-state index in [-0.39, 0.29) is 0 Å². The van der Waals surface area contributed by atoms with E-state index in [1.54, 1.807) is 0 Å². The third kappa shape index (κ3) is 3.80. The molecule has 1 nitrogen and oxygen atoms in total. The lowest BCUT2D eigenvalue weighted by Crippen LogP contribution is -2.21. The first-order chi connectivity index (χ1) is 18.4. The molecule has 0 fully saturated rings. The van der Waals surface area contributed by atoms with Crippen molar-refractivity contribution < 1.29 is 0 Å². The maximum Gasteiger partial charge on any atom is 0.0788 e. The molecule has 0 saturated heterocycles. The third-order valence-electron chi connectivity index (χ3n) is 7.00. The number of pyridine rings is 1. The molecule has 0 spiro atoms. The van der Waals surface area contributed by atoms with Gasteiger partial charge in [-0.2, -0.15) is 0 Å². The lowest BCUT2D eigenvalue weighted by molar-refractivity contribution is 1.43. The summed E-state index contributed by atoms with van der Waals surface area (Å²) in [5.74, 6) is 0. The lowest BCUT2D eigenvalue weighted by Gasteiger charge is -2.23. The molecule has 7 aromatic rings. The van der Waals surface area contributed by atoms with Crippen LogP contribution in [0.5, 0.6) is 0 Å². The Hall–Kier alpha value is -4.32. The molecule has 1 heterocycles. The Morgan fingerprint density at radius 2 is 0.946 bits per heavy atom. The van der Waals surface area contributed by atoms with Crippen molar-refractivity contribution in [3.05, 3.63) is 146 Å². The zero-order valence-electron chi connectivity index (χ0n) is 20.3. The summed E-state index contributed by atoms with van der Waals surface area (Å²) in [6.07, 6.45) is 0. The molecule has 0 aliphatic rings. The van der Waals surface area contributed by atoms with Crippen molar-refractivity contribution in [3.63, 3.8) is 0 Å². The average molecular weight is 490 g/mol. The molecule has 0 saturated carbocycles. The zero-order valence-corrected chi connectivity index (χ0v) is 21.1. The summed E-state index contributed by atoms with van der Waals surface area (Å²) in [6, 6.07) is 52.4. The molecule has 0 atom stereocenters. The minimum absolute atomic E-state index is 0.771. The molecule has 2 heteroatoms. The summed E-state index contributed by atoms with van der Waals surface area (Å²) in [7, 11) is -0.771. The summed E-state index contributed by atoms with van der Waals surface area (Å²) < 4.78 is 0. The smallest absolute Gasteiger partial charge is 0.0788 e. The second-order valence-electron chi connectivity index (χ2n) is 9.21. The highest BCUT2D eigenvalue weighted by Gasteiger charge is 2.22. The van der Waals surface area contributed by atoms with Gasteiger partial charge in [-0.05, 0) is 46.7 Å². The van der Waals surface area contributed by atoms with Crippen molar-refractivity contribution in [2.45, 2.75) is 0 Å². The Morgan fingerprint density at radius 3 is 1.59 bits per heavy atom. The molecule has 0 amide bonds. The van der Waals surface area contributed by atoms with E-state index in [9.17, 15) is 0 Å². The van der Waals surface area contributed by atoms with Crippen molar-refractivity contribution in [1.29, 1.82) is 0 Å². The number of fused-ring (bicyclic) bond motifs is 5. The van der Waals surface area contributed by atoms with Crippen LogP contribution in [-0.4, -0.2) is 4.98 Å². The van der Waals surface area contributed by atoms with Crippen molar-refractivity contribution >= 4 is 56.3 Å². The highest BCUT2D eigenvalue weighted by atomic mass is 31.1. The van der Waals surface area contributed by atoms with Crippen molar-refractivity contribution in [1.82, 2.24) is 4.98 Å². The second kappa shape index (κ2) is 9.28. The van der Waals surface area contributed by atoms with E-state index in [0.29, 0.717) is 0 Å². The Balaban J connectivity index is 1.66. The fourth-order valence-corrected chi connectivity index (χ4v) is 7.87. The predicted octanol–water partition coefficient (Wildman–Crippen LogP) is 7.97. The van der Waals surface area contributed by atoms with Gasteiger partial charge < -0.3 is 0 Å². The minimum atomic E-state index is -0.771. The van der Waals surface area contributed by atoms with Crippen molar-refractivity contribution in [2.24, 2.45) is 0 Å². The van der Waals surface area contributed by atoms with Gasteiger partial charge in [-0.3, -0.25) is 0 Å². The van der Waals surface area contributed by atoms with Crippen LogP contribution in [0.15, 0.2) is 146 Å². The molecule has 37 heavy (non-hydrogen) atoms. The van der Waals surface area contributed by atoms with Gasteiger partial charge in [0, 0.05) is 21.7 Å². The Kier molecular flexibility index (Phi) is 5.50. The first kappa shape index (κ1) is 21.9. The molecule has 7 rings (SSSR count). The number of hydrogen-bond donors (Lipinski definition) is 0. The molecule has 0 aliphatic carbocycles. The number of hydrogen-bond acceptors (Lipinski definition) is 1. The van der Waals surface area contributed by atoms with E-state index >= 15 is 0 Å². The van der Waals surface area contributed by atoms with Crippen LogP contribution in [0.2, 0.25) is 0 Å². The van der Waals surface area contributed by atoms with Crippen LogP contribution in [0.4, 0.5) is 0 Å². The topological polar surface area (TPSA) is 12.9 Å². The molecule has 0 radical (unpaired) electrons. The summed E-state index contributed by atoms with van der Waals surface area (Å²) >= 11 is 0. The Labute approximate surface area is 217 Å². The molecule has 1 aromatic heterocycles. The van der Waals surface area contributed by atoms with Gasteiger partial charge in [0.25, 0.3) is 0 Å². The van der Waals surface area contributed by atoms with E-state index in [1.165, 1.54) is 42.8 Å². The maximum atomic E-state index is 5.23. The van der Waals surface area contributed by atoms with Gasteiger partial charge in [-0.1, -0.05) is 133 Å². The largest absolute Gasteiger partial charge is 0.247 e. The number of aromatic nitrogens is 1. The molecular formula is C35H24NP. The monoisotopic (exact) mass is 489 g/mol. The zero-order chi connectivity index (χ0) is 24.6. The van der Waals surface area contributed by atoms with E-state index in [0.717, 1.165) is 16.8 Å². The summed E-state index contributed by atoms with van der Waals surface area (Å²) in [5, 5.41) is 10.3. The molecule has 0 N–H and O–H groups in total. The number of benzene rings is 6. The number of nitrogens with zero attached hydrogens (tertiary/aromatic N) is 1. The average Bonchev–Trinajstić information content (AvgIpc) is 2.98. The van der Waals surface area contributed by atoms with Gasteiger partial charge in [-0.25, -0.2) is 4.98 Å². The highest BCUT2D eigenvalue weighted by Crippen LogP contribution is 2.42. The molecular weight excluding hydrogens is 465 g/mol. The summed E-state index contributed by atoms with van der Waals surface area (Å²) in [5.41, 5.74) is 3.21. The lowest BCUT2D eigenvalue weighted by atomic mass is 9.95. The first-order valence-corrected chi connectivity index (χ1v) is 13.9. The maximum absolute atomic E-state index is 5.23. The first-order valence-electron chi connectivity index (χ1n) is 12.6. The normalized spacial score (nSPS) is 11.5. The van der Waals surface area contributed by atoms with Gasteiger partial charge in [0.15, 0.2) is 0 Å². The third-order valence-corrected chi connectivity index (χ3v) is 9.48. The van der Waals surface area contributed by atoms with Crippen LogP contribution < -0.4 is 15.9 Å². The van der Waals surface area contributed by atoms with Crippen molar-refractivity contribution in [3.8, 4) is 11.3 Å². The Morgan fingerprint density at radius 1 is 0.432 bits per heavy atom. The van der Waals surface area contributed by atoms with Crippen molar-refractivity contribution in [2.75, 3.05) is 0 Å². The van der Waals surface area contributed by atoms with Gasteiger partial charge in [0.05, 0.1) is 11.2 Å². The Bertz CT molecular complexity index is 1820. The van der Waals surface area contributed by atoms with Crippen LogP contribution in [0.1, 0.15) is 0 Å². The highest BCUT2D eigenvalue weighted by molar-refractivity contribution is 7.80. The van der Waals surface area contributed by atoms with Crippen LogP contribution in [0, 0.1) is 0 Å². The molecule has 0 bridgehead atoms. The van der Waals surface area contributed by atoms with Crippen LogP contribution in [0.3, 0.4) is 0 Å². The van der Waals surface area contributed by atoms with E-state index in [1.807, 2.05) is 0 Å². The number of rotatable bonds is 4. The second-order valence-corrected chi connectivity index (χ2v) is 11.4. The summed E-state index contributed by atoms with van der Waals surface area (Å²) in [4.78, 5) is 5.23. The predicted molar refractivity (Wildman–Crippen MR) is 161 cm³/mol. The van der Waals surface area contributed by atoms with Crippen LogP contribution >= 0.6 is 7.92 Å².